The minimum Gasteiger partial charge on any atom is -0.489 e. The minimum absolute atomic E-state index is 0.0303. The summed E-state index contributed by atoms with van der Waals surface area (Å²) in [6.45, 7) is 6.76. The predicted molar refractivity (Wildman–Crippen MR) is 128 cm³/mol. The molecule has 35 heavy (non-hydrogen) atoms. The average molecular weight is 472 g/mol. The summed E-state index contributed by atoms with van der Waals surface area (Å²) < 4.78 is 13.3. The highest BCUT2D eigenvalue weighted by atomic mass is 16.5. The van der Waals surface area contributed by atoms with Crippen LogP contribution in [0, 0.1) is 18.3 Å². The Hall–Kier alpha value is -4.23. The topological polar surface area (TPSA) is 122 Å². The van der Waals surface area contributed by atoms with Gasteiger partial charge in [0.15, 0.2) is 0 Å². The molecule has 5 heterocycles. The monoisotopic (exact) mass is 471 g/mol. The van der Waals surface area contributed by atoms with Gasteiger partial charge in [-0.2, -0.15) is 15.5 Å². The zero-order valence-corrected chi connectivity index (χ0v) is 19.7. The minimum atomic E-state index is -0.981. The lowest BCUT2D eigenvalue weighted by atomic mass is 10.0. The van der Waals surface area contributed by atoms with Crippen molar-refractivity contribution in [1.29, 1.82) is 5.26 Å². The Balaban J connectivity index is 1.34. The molecule has 0 aromatic carbocycles. The van der Waals surface area contributed by atoms with Gasteiger partial charge in [-0.1, -0.05) is 0 Å². The van der Waals surface area contributed by atoms with E-state index in [1.807, 2.05) is 37.3 Å². The van der Waals surface area contributed by atoms with E-state index in [-0.39, 0.29) is 12.7 Å². The summed E-state index contributed by atoms with van der Waals surface area (Å²) in [7, 11) is 0. The number of nitriles is 1. The van der Waals surface area contributed by atoms with Gasteiger partial charge in [-0.25, -0.2) is 9.50 Å². The van der Waals surface area contributed by atoms with Crippen molar-refractivity contribution in [2.75, 3.05) is 24.6 Å². The van der Waals surface area contributed by atoms with Gasteiger partial charge in [0.25, 0.3) is 0 Å². The highest BCUT2D eigenvalue weighted by Gasteiger charge is 2.30. The second kappa shape index (κ2) is 8.85. The van der Waals surface area contributed by atoms with Crippen LogP contribution in [0.1, 0.15) is 25.1 Å². The van der Waals surface area contributed by atoms with Crippen LogP contribution in [-0.4, -0.2) is 61.3 Å². The molecule has 0 unspecified atom stereocenters. The SMILES string of the molecule is Cc1ccc(OC2CN(c3ccc(-c4cc(OCC(C)(C)O)cn5ncc(C#N)c45)cn3)C2)nn1. The van der Waals surface area contributed by atoms with Gasteiger partial charge in [0.05, 0.1) is 47.9 Å². The van der Waals surface area contributed by atoms with Crippen LogP contribution in [0.15, 0.2) is 48.9 Å². The molecular formula is C25H25N7O3. The van der Waals surface area contributed by atoms with E-state index < -0.39 is 5.60 Å². The summed E-state index contributed by atoms with van der Waals surface area (Å²) in [6.07, 6.45) is 5.03. The van der Waals surface area contributed by atoms with Gasteiger partial charge in [0.2, 0.25) is 5.88 Å². The Kier molecular flexibility index (Phi) is 5.70. The van der Waals surface area contributed by atoms with E-state index in [4.69, 9.17) is 9.47 Å². The lowest BCUT2D eigenvalue weighted by Gasteiger charge is -2.39. The molecule has 1 saturated heterocycles. The molecule has 0 aliphatic carbocycles. The Labute approximate surface area is 202 Å². The number of nitrogens with zero attached hydrogens (tertiary/aromatic N) is 7. The van der Waals surface area contributed by atoms with Crippen molar-refractivity contribution in [2.24, 2.45) is 0 Å². The van der Waals surface area contributed by atoms with Crippen LogP contribution < -0.4 is 14.4 Å². The first kappa shape index (κ1) is 22.6. The van der Waals surface area contributed by atoms with Crippen LogP contribution in [-0.2, 0) is 0 Å². The van der Waals surface area contributed by atoms with Crippen LogP contribution in [0.2, 0.25) is 0 Å². The van der Waals surface area contributed by atoms with E-state index in [1.165, 1.54) is 6.20 Å². The van der Waals surface area contributed by atoms with E-state index in [0.717, 1.165) is 22.6 Å². The Morgan fingerprint density at radius 1 is 1.17 bits per heavy atom. The number of fused-ring (bicyclic) bond motifs is 1. The zero-order valence-electron chi connectivity index (χ0n) is 19.7. The highest BCUT2D eigenvalue weighted by molar-refractivity contribution is 5.85. The molecule has 5 rings (SSSR count). The third-order valence-electron chi connectivity index (χ3n) is 5.59. The Bertz CT molecular complexity index is 1380. The van der Waals surface area contributed by atoms with Crippen molar-refractivity contribution in [1.82, 2.24) is 24.8 Å². The summed E-state index contributed by atoms with van der Waals surface area (Å²) in [5, 5.41) is 32.0. The first-order valence-electron chi connectivity index (χ1n) is 11.2. The molecular weight excluding hydrogens is 446 g/mol. The maximum atomic E-state index is 10.0. The largest absolute Gasteiger partial charge is 0.489 e. The molecule has 1 N–H and O–H groups in total. The number of aromatic nitrogens is 5. The molecule has 10 nitrogen and oxygen atoms in total. The fourth-order valence-electron chi connectivity index (χ4n) is 3.79. The van der Waals surface area contributed by atoms with Crippen molar-refractivity contribution in [3.05, 3.63) is 60.2 Å². The zero-order chi connectivity index (χ0) is 24.6. The average Bonchev–Trinajstić information content (AvgIpc) is 3.23. The number of ether oxygens (including phenoxy) is 2. The Morgan fingerprint density at radius 3 is 2.66 bits per heavy atom. The Morgan fingerprint density at radius 2 is 2.00 bits per heavy atom. The lowest BCUT2D eigenvalue weighted by molar-refractivity contribution is 0.0283. The van der Waals surface area contributed by atoms with Crippen molar-refractivity contribution >= 4 is 11.3 Å². The first-order valence-corrected chi connectivity index (χ1v) is 11.2. The second-order valence-corrected chi connectivity index (χ2v) is 9.22. The van der Waals surface area contributed by atoms with Crippen LogP contribution in [0.3, 0.4) is 0 Å². The molecule has 0 atom stereocenters. The van der Waals surface area contributed by atoms with Crippen molar-refractivity contribution in [3.63, 3.8) is 0 Å². The third kappa shape index (κ3) is 4.85. The molecule has 0 spiro atoms. The van der Waals surface area contributed by atoms with E-state index in [2.05, 4.69) is 31.2 Å². The normalized spacial score (nSPS) is 14.0. The first-order chi connectivity index (χ1) is 16.8. The number of rotatable bonds is 7. The smallest absolute Gasteiger partial charge is 0.233 e. The van der Waals surface area contributed by atoms with E-state index in [9.17, 15) is 10.4 Å². The number of pyridine rings is 2. The number of anilines is 1. The molecule has 4 aromatic rings. The van der Waals surface area contributed by atoms with Crippen LogP contribution >= 0.6 is 0 Å². The molecule has 0 bridgehead atoms. The second-order valence-electron chi connectivity index (χ2n) is 9.22. The fraction of sp³-hybridized carbons (Fsp3) is 0.320. The maximum absolute atomic E-state index is 10.0. The van der Waals surface area contributed by atoms with Gasteiger partial charge < -0.3 is 19.5 Å². The molecule has 1 aliphatic rings. The predicted octanol–water partition coefficient (Wildman–Crippen LogP) is 2.78. The van der Waals surface area contributed by atoms with E-state index >= 15 is 0 Å². The van der Waals surface area contributed by atoms with Crippen LogP contribution in [0.5, 0.6) is 11.6 Å². The van der Waals surface area contributed by atoms with Gasteiger partial charge in [0.1, 0.15) is 30.3 Å². The van der Waals surface area contributed by atoms with E-state index in [1.54, 1.807) is 30.8 Å². The van der Waals surface area contributed by atoms with E-state index in [0.29, 0.717) is 35.8 Å². The van der Waals surface area contributed by atoms with Gasteiger partial charge in [0, 0.05) is 23.4 Å². The number of hydrogen-bond donors (Lipinski definition) is 1. The summed E-state index contributed by atoms with van der Waals surface area (Å²) in [5.41, 5.74) is 2.60. The third-order valence-corrected chi connectivity index (χ3v) is 5.59. The number of aryl methyl sites for hydroxylation is 1. The summed E-state index contributed by atoms with van der Waals surface area (Å²) in [6, 6.07) is 11.6. The van der Waals surface area contributed by atoms with Gasteiger partial charge in [-0.15, -0.1) is 5.10 Å². The summed E-state index contributed by atoms with van der Waals surface area (Å²) in [5.74, 6) is 1.89. The number of aliphatic hydroxyl groups is 1. The fourth-order valence-corrected chi connectivity index (χ4v) is 3.79. The molecule has 10 heteroatoms. The molecule has 4 aromatic heterocycles. The molecule has 0 amide bonds. The van der Waals surface area contributed by atoms with Gasteiger partial charge in [-0.05, 0) is 45.0 Å². The van der Waals surface area contributed by atoms with Crippen LogP contribution in [0.4, 0.5) is 5.82 Å². The van der Waals surface area contributed by atoms with Gasteiger partial charge in [-0.3, -0.25) is 0 Å². The lowest BCUT2D eigenvalue weighted by Crippen LogP contribution is -2.54. The number of hydrogen-bond acceptors (Lipinski definition) is 9. The molecule has 1 fully saturated rings. The quantitative estimate of drug-likeness (QED) is 0.433. The summed E-state index contributed by atoms with van der Waals surface area (Å²) >= 11 is 0. The summed E-state index contributed by atoms with van der Waals surface area (Å²) in [4.78, 5) is 6.76. The molecule has 0 saturated carbocycles. The molecule has 0 radical (unpaired) electrons. The van der Waals surface area contributed by atoms with Crippen molar-refractivity contribution in [3.8, 4) is 28.8 Å². The van der Waals surface area contributed by atoms with Crippen molar-refractivity contribution in [2.45, 2.75) is 32.5 Å². The highest BCUT2D eigenvalue weighted by Crippen LogP contribution is 2.32. The molecule has 1 aliphatic heterocycles. The standard InChI is InChI=1S/C25H25N7O3/c1-16-4-7-23(30-29-16)35-20-12-31(13-20)22-6-5-17(10-27-22)21-8-19(34-15-25(2,3)33)14-32-24(21)18(9-26)11-28-32/h4-8,10-11,14,20,33H,12-13,15H2,1-3H3. The van der Waals surface area contributed by atoms with Gasteiger partial charge >= 0.3 is 0 Å². The molecule has 178 valence electrons. The maximum Gasteiger partial charge on any atom is 0.233 e. The van der Waals surface area contributed by atoms with Crippen LogP contribution in [0.25, 0.3) is 16.6 Å². The van der Waals surface area contributed by atoms with Crippen molar-refractivity contribution < 1.29 is 14.6 Å².